The number of nitrogens with zero attached hydrogens (tertiary/aromatic N) is 2. The zero-order valence-electron chi connectivity index (χ0n) is 10.5. The molecule has 0 amide bonds. The fourth-order valence-corrected chi connectivity index (χ4v) is 2.52. The van der Waals surface area contributed by atoms with Crippen molar-refractivity contribution in [1.82, 2.24) is 15.1 Å². The summed E-state index contributed by atoms with van der Waals surface area (Å²) < 4.78 is 8.53. The molecule has 0 aliphatic heterocycles. The number of hydrogen-bond donors (Lipinski definition) is 1. The van der Waals surface area contributed by atoms with E-state index in [0.717, 1.165) is 16.6 Å². The molecule has 1 aromatic heterocycles. The third-order valence-electron chi connectivity index (χ3n) is 3.28. The van der Waals surface area contributed by atoms with Crippen molar-refractivity contribution >= 4 is 15.9 Å². The minimum absolute atomic E-state index is 0.101. The molecule has 0 spiro atoms. The number of nitrogens with one attached hydrogen (secondary N) is 1. The molecular weight excluding hydrogens is 270 g/mol. The summed E-state index contributed by atoms with van der Waals surface area (Å²) >= 11 is 3.53. The van der Waals surface area contributed by atoms with Crippen LogP contribution in [0.4, 0.5) is 0 Å². The predicted octanol–water partition coefficient (Wildman–Crippen LogP) is 2.26. The van der Waals surface area contributed by atoms with E-state index in [4.69, 9.17) is 4.74 Å². The van der Waals surface area contributed by atoms with Crippen molar-refractivity contribution < 1.29 is 4.74 Å². The summed E-state index contributed by atoms with van der Waals surface area (Å²) in [6, 6.07) is 0.101. The average molecular weight is 290 g/mol. The molecule has 1 heterocycles. The van der Waals surface area contributed by atoms with E-state index < -0.39 is 0 Å². The van der Waals surface area contributed by atoms with Gasteiger partial charge in [0.1, 0.15) is 0 Å². The lowest BCUT2D eigenvalue weighted by Crippen LogP contribution is -2.42. The highest BCUT2D eigenvalue weighted by Crippen LogP contribution is 2.34. The van der Waals surface area contributed by atoms with Crippen molar-refractivity contribution in [3.05, 3.63) is 16.4 Å². The van der Waals surface area contributed by atoms with Gasteiger partial charge in [-0.2, -0.15) is 5.10 Å². The second kappa shape index (κ2) is 5.29. The van der Waals surface area contributed by atoms with E-state index in [1.54, 1.807) is 7.11 Å². The number of aryl methyl sites for hydroxylation is 1. The van der Waals surface area contributed by atoms with Crippen molar-refractivity contribution in [2.45, 2.75) is 31.9 Å². The summed E-state index contributed by atoms with van der Waals surface area (Å²) in [5.74, 6) is 0. The molecule has 0 aliphatic rings. The highest BCUT2D eigenvalue weighted by atomic mass is 79.9. The van der Waals surface area contributed by atoms with Crippen LogP contribution in [-0.4, -0.2) is 29.5 Å². The van der Waals surface area contributed by atoms with Gasteiger partial charge in [-0.3, -0.25) is 4.68 Å². The summed E-state index contributed by atoms with van der Waals surface area (Å²) in [6.45, 7) is 4.23. The van der Waals surface area contributed by atoms with E-state index >= 15 is 0 Å². The molecule has 0 aliphatic carbocycles. The van der Waals surface area contributed by atoms with Gasteiger partial charge < -0.3 is 10.1 Å². The van der Waals surface area contributed by atoms with E-state index in [-0.39, 0.29) is 11.6 Å². The summed E-state index contributed by atoms with van der Waals surface area (Å²) in [4.78, 5) is 0. The Hall–Kier alpha value is -0.390. The van der Waals surface area contributed by atoms with E-state index in [9.17, 15) is 0 Å². The molecule has 0 aromatic carbocycles. The van der Waals surface area contributed by atoms with Gasteiger partial charge in [-0.25, -0.2) is 0 Å². The molecule has 92 valence electrons. The maximum atomic E-state index is 5.65. The van der Waals surface area contributed by atoms with Crippen LogP contribution >= 0.6 is 15.9 Å². The zero-order valence-corrected chi connectivity index (χ0v) is 12.1. The Balaban J connectivity index is 3.17. The molecule has 16 heavy (non-hydrogen) atoms. The van der Waals surface area contributed by atoms with Crippen LogP contribution < -0.4 is 5.32 Å². The van der Waals surface area contributed by atoms with Gasteiger partial charge in [0, 0.05) is 14.2 Å². The molecule has 0 radical (unpaired) electrons. The Morgan fingerprint density at radius 1 is 1.69 bits per heavy atom. The van der Waals surface area contributed by atoms with Crippen LogP contribution in [-0.2, 0) is 11.8 Å². The quantitative estimate of drug-likeness (QED) is 0.904. The van der Waals surface area contributed by atoms with E-state index in [0.29, 0.717) is 0 Å². The van der Waals surface area contributed by atoms with Crippen molar-refractivity contribution in [2.75, 3.05) is 14.2 Å². The van der Waals surface area contributed by atoms with Crippen LogP contribution in [0.15, 0.2) is 10.7 Å². The number of rotatable bonds is 5. The van der Waals surface area contributed by atoms with Gasteiger partial charge in [-0.05, 0) is 36.3 Å². The van der Waals surface area contributed by atoms with Gasteiger partial charge in [0.25, 0.3) is 0 Å². The van der Waals surface area contributed by atoms with E-state index in [1.807, 2.05) is 25.0 Å². The van der Waals surface area contributed by atoms with Crippen LogP contribution in [0.2, 0.25) is 0 Å². The number of ether oxygens (including phenoxy) is 1. The fourth-order valence-electron chi connectivity index (χ4n) is 1.94. The maximum Gasteiger partial charge on any atom is 0.0857 e. The van der Waals surface area contributed by atoms with Gasteiger partial charge in [0.05, 0.1) is 28.0 Å². The third-order valence-corrected chi connectivity index (χ3v) is 3.89. The Kier molecular flexibility index (Phi) is 4.52. The summed E-state index contributed by atoms with van der Waals surface area (Å²) in [7, 11) is 5.63. The topological polar surface area (TPSA) is 39.1 Å². The molecule has 4 nitrogen and oxygen atoms in total. The smallest absolute Gasteiger partial charge is 0.0857 e. The van der Waals surface area contributed by atoms with E-state index in [2.05, 4.69) is 40.2 Å². The van der Waals surface area contributed by atoms with Crippen LogP contribution in [0.3, 0.4) is 0 Å². The average Bonchev–Trinajstić information content (AvgIpc) is 2.61. The molecule has 0 fully saturated rings. The number of hydrogen-bond acceptors (Lipinski definition) is 3. The number of aromatic nitrogens is 2. The van der Waals surface area contributed by atoms with Crippen LogP contribution in [0.5, 0.6) is 0 Å². The summed E-state index contributed by atoms with van der Waals surface area (Å²) in [6.07, 6.45) is 2.73. The van der Waals surface area contributed by atoms with Crippen molar-refractivity contribution in [3.63, 3.8) is 0 Å². The lowest BCUT2D eigenvalue weighted by Gasteiger charge is -2.35. The monoisotopic (exact) mass is 289 g/mol. The van der Waals surface area contributed by atoms with Gasteiger partial charge in [-0.1, -0.05) is 6.92 Å². The molecule has 1 rings (SSSR count). The largest absolute Gasteiger partial charge is 0.376 e. The van der Waals surface area contributed by atoms with Gasteiger partial charge in [0.15, 0.2) is 0 Å². The SMILES string of the molecule is CCC(C)(OC)C(NC)c1c(Br)cnn1C. The predicted molar refractivity (Wildman–Crippen MR) is 68.4 cm³/mol. The number of halogens is 1. The van der Waals surface area contributed by atoms with Crippen LogP contribution in [0.1, 0.15) is 32.0 Å². The molecule has 2 unspecified atom stereocenters. The number of methoxy groups -OCH3 is 1. The lowest BCUT2D eigenvalue weighted by atomic mass is 9.90. The highest BCUT2D eigenvalue weighted by molar-refractivity contribution is 9.10. The maximum absolute atomic E-state index is 5.65. The lowest BCUT2D eigenvalue weighted by molar-refractivity contribution is -0.0302. The van der Waals surface area contributed by atoms with Crippen molar-refractivity contribution in [2.24, 2.45) is 7.05 Å². The second-order valence-electron chi connectivity index (χ2n) is 4.09. The van der Waals surface area contributed by atoms with Crippen LogP contribution in [0.25, 0.3) is 0 Å². The Bertz CT molecular complexity index is 327. The first-order chi connectivity index (χ1) is 7.50. The van der Waals surface area contributed by atoms with E-state index in [1.165, 1.54) is 0 Å². The molecular formula is C11H20BrN3O. The van der Waals surface area contributed by atoms with Gasteiger partial charge in [0.2, 0.25) is 0 Å². The molecule has 0 saturated carbocycles. The van der Waals surface area contributed by atoms with Gasteiger partial charge in [-0.15, -0.1) is 0 Å². The minimum Gasteiger partial charge on any atom is -0.376 e. The standard InChI is InChI=1S/C11H20BrN3O/c1-6-11(2,16-5)10(13-3)9-8(12)7-14-15(9)4/h7,10,13H,6H2,1-5H3. The molecule has 0 bridgehead atoms. The zero-order chi connectivity index (χ0) is 12.3. The third kappa shape index (κ3) is 2.31. The van der Waals surface area contributed by atoms with Crippen molar-refractivity contribution in [3.8, 4) is 0 Å². The minimum atomic E-state index is -0.245. The Labute approximate surface area is 105 Å². The first-order valence-electron chi connectivity index (χ1n) is 5.40. The number of likely N-dealkylation sites (N-methyl/N-ethyl adjacent to an activating group) is 1. The van der Waals surface area contributed by atoms with Gasteiger partial charge >= 0.3 is 0 Å². The molecule has 5 heteroatoms. The first-order valence-corrected chi connectivity index (χ1v) is 6.19. The molecule has 1 N–H and O–H groups in total. The molecule has 2 atom stereocenters. The summed E-state index contributed by atoms with van der Waals surface area (Å²) in [5, 5.41) is 7.55. The van der Waals surface area contributed by atoms with Crippen molar-refractivity contribution in [1.29, 1.82) is 0 Å². The Morgan fingerprint density at radius 3 is 2.62 bits per heavy atom. The second-order valence-corrected chi connectivity index (χ2v) is 4.95. The highest BCUT2D eigenvalue weighted by Gasteiger charge is 2.35. The molecule has 1 aromatic rings. The summed E-state index contributed by atoms with van der Waals surface area (Å²) in [5.41, 5.74) is 0.860. The molecule has 0 saturated heterocycles. The van der Waals surface area contributed by atoms with Crippen LogP contribution in [0, 0.1) is 0 Å². The fraction of sp³-hybridized carbons (Fsp3) is 0.727. The normalized spacial score (nSPS) is 17.1. The Morgan fingerprint density at radius 2 is 2.31 bits per heavy atom. The first kappa shape index (κ1) is 13.7.